The largest absolute Gasteiger partial charge is 0.343 e. The summed E-state index contributed by atoms with van der Waals surface area (Å²) in [7, 11) is 0. The zero-order valence-electron chi connectivity index (χ0n) is 9.79. The van der Waals surface area contributed by atoms with Crippen LogP contribution in [0.15, 0.2) is 37.5 Å². The van der Waals surface area contributed by atoms with Crippen LogP contribution in [-0.4, -0.2) is 19.7 Å². The standard InChI is InChI=1S/C10H9BrN4O3S/c1-2-14-9(16)12-13-10(14)19-8-4-3-6(11)5-7(8)15(17)18/h3-5H,2H2,1H3,(H,12,16). The summed E-state index contributed by atoms with van der Waals surface area (Å²) in [6, 6.07) is 4.74. The van der Waals surface area contributed by atoms with E-state index >= 15 is 0 Å². The van der Waals surface area contributed by atoms with Crippen LogP contribution in [0.1, 0.15) is 6.92 Å². The maximum Gasteiger partial charge on any atom is 0.343 e. The average molecular weight is 345 g/mol. The van der Waals surface area contributed by atoms with Gasteiger partial charge in [-0.1, -0.05) is 15.9 Å². The minimum absolute atomic E-state index is 0.0301. The van der Waals surface area contributed by atoms with Gasteiger partial charge in [-0.25, -0.2) is 9.89 Å². The molecule has 1 aromatic heterocycles. The van der Waals surface area contributed by atoms with Crippen molar-refractivity contribution in [2.75, 3.05) is 0 Å². The van der Waals surface area contributed by atoms with E-state index in [0.717, 1.165) is 11.8 Å². The van der Waals surface area contributed by atoms with E-state index in [-0.39, 0.29) is 11.4 Å². The Labute approximate surface area is 120 Å². The Kier molecular flexibility index (Phi) is 4.05. The third-order valence-electron chi connectivity index (χ3n) is 2.36. The number of aromatic nitrogens is 3. The molecule has 2 aromatic rings. The van der Waals surface area contributed by atoms with Crippen molar-refractivity contribution < 1.29 is 4.92 Å². The van der Waals surface area contributed by atoms with E-state index in [1.165, 1.54) is 10.6 Å². The summed E-state index contributed by atoms with van der Waals surface area (Å²) in [5, 5.41) is 17.6. The van der Waals surface area contributed by atoms with Crippen LogP contribution < -0.4 is 5.69 Å². The normalized spacial score (nSPS) is 10.6. The Balaban J connectivity index is 2.43. The monoisotopic (exact) mass is 344 g/mol. The molecule has 7 nitrogen and oxygen atoms in total. The van der Waals surface area contributed by atoms with Gasteiger partial charge in [0.2, 0.25) is 0 Å². The quantitative estimate of drug-likeness (QED) is 0.678. The second-order valence-corrected chi connectivity index (χ2v) is 5.45. The number of rotatable bonds is 4. The van der Waals surface area contributed by atoms with E-state index < -0.39 is 4.92 Å². The van der Waals surface area contributed by atoms with Gasteiger partial charge in [0.1, 0.15) is 0 Å². The molecule has 0 aliphatic rings. The molecule has 1 aromatic carbocycles. The minimum Gasteiger partial charge on any atom is -0.270 e. The second kappa shape index (κ2) is 5.57. The molecule has 0 aliphatic carbocycles. The average Bonchev–Trinajstić information content (AvgIpc) is 2.71. The lowest BCUT2D eigenvalue weighted by molar-refractivity contribution is -0.387. The number of nitro groups is 1. The first kappa shape index (κ1) is 13.8. The van der Waals surface area contributed by atoms with Gasteiger partial charge < -0.3 is 0 Å². The zero-order chi connectivity index (χ0) is 14.0. The molecular formula is C10H9BrN4O3S. The van der Waals surface area contributed by atoms with Crippen molar-refractivity contribution in [3.8, 4) is 0 Å². The molecule has 0 atom stereocenters. The molecule has 1 heterocycles. The van der Waals surface area contributed by atoms with Crippen molar-refractivity contribution in [2.45, 2.75) is 23.5 Å². The fourth-order valence-electron chi connectivity index (χ4n) is 1.48. The predicted molar refractivity (Wildman–Crippen MR) is 73.4 cm³/mol. The third-order valence-corrected chi connectivity index (χ3v) is 3.91. The number of nitro benzene ring substituents is 1. The third kappa shape index (κ3) is 2.87. The Hall–Kier alpha value is -1.61. The van der Waals surface area contributed by atoms with E-state index in [0.29, 0.717) is 21.1 Å². The molecule has 0 bridgehead atoms. The van der Waals surface area contributed by atoms with Gasteiger partial charge in [0.05, 0.1) is 9.82 Å². The molecule has 19 heavy (non-hydrogen) atoms. The number of H-pyrrole nitrogens is 1. The first-order valence-corrected chi connectivity index (χ1v) is 6.91. The van der Waals surface area contributed by atoms with Crippen molar-refractivity contribution in [3.05, 3.63) is 43.3 Å². The molecular weight excluding hydrogens is 336 g/mol. The predicted octanol–water partition coefficient (Wildman–Crippen LogP) is 2.41. The molecule has 0 fully saturated rings. The SMILES string of the molecule is CCn1c(Sc2ccc(Br)cc2[N+](=O)[O-])n[nH]c1=O. The van der Waals surface area contributed by atoms with Crippen LogP contribution in [0, 0.1) is 10.1 Å². The summed E-state index contributed by atoms with van der Waals surface area (Å²) in [6.07, 6.45) is 0. The van der Waals surface area contributed by atoms with Gasteiger partial charge in [-0.05, 0) is 30.8 Å². The van der Waals surface area contributed by atoms with Crippen LogP contribution >= 0.6 is 27.7 Å². The number of nitrogens with zero attached hydrogens (tertiary/aromatic N) is 3. The van der Waals surface area contributed by atoms with Crippen molar-refractivity contribution in [2.24, 2.45) is 0 Å². The van der Waals surface area contributed by atoms with Crippen LogP contribution in [0.4, 0.5) is 5.69 Å². The molecule has 0 amide bonds. The molecule has 0 unspecified atom stereocenters. The van der Waals surface area contributed by atoms with Gasteiger partial charge >= 0.3 is 5.69 Å². The maximum atomic E-state index is 11.4. The first-order chi connectivity index (χ1) is 9.02. The van der Waals surface area contributed by atoms with Crippen molar-refractivity contribution in [1.82, 2.24) is 14.8 Å². The highest BCUT2D eigenvalue weighted by Crippen LogP contribution is 2.35. The van der Waals surface area contributed by atoms with Gasteiger partial charge in [-0.2, -0.15) is 0 Å². The van der Waals surface area contributed by atoms with E-state index in [9.17, 15) is 14.9 Å². The second-order valence-electron chi connectivity index (χ2n) is 3.53. The molecule has 0 spiro atoms. The summed E-state index contributed by atoms with van der Waals surface area (Å²) >= 11 is 4.27. The molecule has 0 radical (unpaired) electrons. The number of halogens is 1. The lowest BCUT2D eigenvalue weighted by Gasteiger charge is -2.03. The van der Waals surface area contributed by atoms with Crippen molar-refractivity contribution >= 4 is 33.4 Å². The number of hydrogen-bond acceptors (Lipinski definition) is 5. The summed E-state index contributed by atoms with van der Waals surface area (Å²) in [5.41, 5.74) is -0.359. The maximum absolute atomic E-state index is 11.4. The number of hydrogen-bond donors (Lipinski definition) is 1. The smallest absolute Gasteiger partial charge is 0.270 e. The highest BCUT2D eigenvalue weighted by Gasteiger charge is 2.18. The number of aromatic amines is 1. The fraction of sp³-hybridized carbons (Fsp3) is 0.200. The summed E-state index contributed by atoms with van der Waals surface area (Å²) < 4.78 is 2.04. The van der Waals surface area contributed by atoms with Crippen LogP contribution in [0.25, 0.3) is 0 Å². The Morgan fingerprint density at radius 1 is 1.58 bits per heavy atom. The fourth-order valence-corrected chi connectivity index (χ4v) is 2.81. The van der Waals surface area contributed by atoms with Crippen molar-refractivity contribution in [3.63, 3.8) is 0 Å². The summed E-state index contributed by atoms with van der Waals surface area (Å²) in [6.45, 7) is 2.25. The first-order valence-electron chi connectivity index (χ1n) is 5.30. The number of benzene rings is 1. The number of nitrogens with one attached hydrogen (secondary N) is 1. The topological polar surface area (TPSA) is 93.8 Å². The lowest BCUT2D eigenvalue weighted by Crippen LogP contribution is -2.16. The van der Waals surface area contributed by atoms with Crippen molar-refractivity contribution in [1.29, 1.82) is 0 Å². The summed E-state index contributed by atoms with van der Waals surface area (Å²) in [5.74, 6) is 0. The van der Waals surface area contributed by atoms with Crippen LogP contribution in [0.3, 0.4) is 0 Å². The van der Waals surface area contributed by atoms with Gasteiger partial charge in [0.25, 0.3) is 5.69 Å². The summed E-state index contributed by atoms with van der Waals surface area (Å²) in [4.78, 5) is 22.4. The molecule has 0 saturated heterocycles. The van der Waals surface area contributed by atoms with E-state index in [2.05, 4.69) is 26.1 Å². The highest BCUT2D eigenvalue weighted by molar-refractivity contribution is 9.10. The Morgan fingerprint density at radius 2 is 2.32 bits per heavy atom. The molecule has 9 heteroatoms. The molecule has 1 N–H and O–H groups in total. The van der Waals surface area contributed by atoms with E-state index in [1.54, 1.807) is 19.1 Å². The molecule has 2 rings (SSSR count). The van der Waals surface area contributed by atoms with Gasteiger partial charge in [0.15, 0.2) is 5.16 Å². The van der Waals surface area contributed by atoms with Gasteiger partial charge in [-0.3, -0.25) is 14.7 Å². The van der Waals surface area contributed by atoms with Gasteiger partial charge in [-0.15, -0.1) is 5.10 Å². The van der Waals surface area contributed by atoms with Crippen LogP contribution in [-0.2, 0) is 6.54 Å². The highest BCUT2D eigenvalue weighted by atomic mass is 79.9. The zero-order valence-corrected chi connectivity index (χ0v) is 12.2. The minimum atomic E-state index is -0.464. The lowest BCUT2D eigenvalue weighted by atomic mass is 10.3. The van der Waals surface area contributed by atoms with Gasteiger partial charge in [0, 0.05) is 17.1 Å². The van der Waals surface area contributed by atoms with Crippen LogP contribution in [0.5, 0.6) is 0 Å². The van der Waals surface area contributed by atoms with Crippen LogP contribution in [0.2, 0.25) is 0 Å². The molecule has 0 saturated carbocycles. The molecule has 0 aliphatic heterocycles. The van der Waals surface area contributed by atoms with E-state index in [1.807, 2.05) is 0 Å². The van der Waals surface area contributed by atoms with E-state index in [4.69, 9.17) is 0 Å². The molecule has 100 valence electrons. The Morgan fingerprint density at radius 3 is 2.95 bits per heavy atom. The Bertz CT molecular complexity index is 682.